The van der Waals surface area contributed by atoms with Crippen molar-refractivity contribution < 1.29 is 38.6 Å². The van der Waals surface area contributed by atoms with E-state index in [4.69, 9.17) is 19.3 Å². The van der Waals surface area contributed by atoms with Crippen molar-refractivity contribution in [2.45, 2.75) is 37.9 Å². The maximum Gasteiger partial charge on any atom is 0.469 e. The zero-order valence-corrected chi connectivity index (χ0v) is 13.7. The summed E-state index contributed by atoms with van der Waals surface area (Å²) in [5.41, 5.74) is -0.767. The Balaban J connectivity index is 2.11. The van der Waals surface area contributed by atoms with E-state index >= 15 is 0 Å². The summed E-state index contributed by atoms with van der Waals surface area (Å²) in [7, 11) is -4.75. The number of hydrogen-bond acceptors (Lipinski definition) is 8. The smallest absolute Gasteiger partial charge is 0.469 e. The molecular formula is C12H19N2O9P. The van der Waals surface area contributed by atoms with Crippen molar-refractivity contribution >= 4 is 7.82 Å². The molecule has 2 rings (SSSR count). The van der Waals surface area contributed by atoms with Crippen LogP contribution >= 0.6 is 7.82 Å². The Labute approximate surface area is 136 Å². The molecule has 136 valence electrons. The summed E-state index contributed by atoms with van der Waals surface area (Å²) < 4.78 is 26.4. The Bertz CT molecular complexity index is 660. The van der Waals surface area contributed by atoms with Gasteiger partial charge in [0.25, 0.3) is 0 Å². The first-order chi connectivity index (χ1) is 11.2. The molecule has 0 bridgehead atoms. The van der Waals surface area contributed by atoms with Crippen molar-refractivity contribution in [3.05, 3.63) is 22.7 Å². The van der Waals surface area contributed by atoms with Crippen molar-refractivity contribution in [2.75, 3.05) is 13.2 Å². The molecule has 1 saturated heterocycles. The molecule has 1 aromatic heterocycles. The summed E-state index contributed by atoms with van der Waals surface area (Å²) in [6, 6.07) is 1.40. The second kappa shape index (κ2) is 7.70. The number of rotatable bonds is 7. The fourth-order valence-corrected chi connectivity index (χ4v) is 2.49. The molecule has 1 aliphatic heterocycles. The van der Waals surface area contributed by atoms with Gasteiger partial charge in [0, 0.05) is 12.3 Å². The Hall–Kier alpha value is -1.33. The second-order valence-electron chi connectivity index (χ2n) is 5.14. The first-order valence-corrected chi connectivity index (χ1v) is 8.69. The Kier molecular flexibility index (Phi) is 6.10. The predicted molar refractivity (Wildman–Crippen MR) is 78.2 cm³/mol. The molecule has 1 aliphatic rings. The van der Waals surface area contributed by atoms with Gasteiger partial charge in [-0.25, -0.2) is 9.36 Å². The molecule has 0 unspecified atom stereocenters. The van der Waals surface area contributed by atoms with E-state index in [1.807, 2.05) is 6.92 Å². The fraction of sp³-hybridized carbons (Fsp3) is 0.667. The summed E-state index contributed by atoms with van der Waals surface area (Å²) >= 11 is 0. The third kappa shape index (κ3) is 4.61. The Morgan fingerprint density at radius 3 is 2.67 bits per heavy atom. The molecule has 12 heteroatoms. The number of aliphatic hydroxyl groups is 2. The van der Waals surface area contributed by atoms with Crippen LogP contribution in [0.5, 0.6) is 5.88 Å². The number of ether oxygens (including phenoxy) is 2. The zero-order valence-electron chi connectivity index (χ0n) is 12.8. The van der Waals surface area contributed by atoms with Crippen molar-refractivity contribution in [3.63, 3.8) is 0 Å². The lowest BCUT2D eigenvalue weighted by Crippen LogP contribution is -2.36. The van der Waals surface area contributed by atoms with Crippen molar-refractivity contribution in [3.8, 4) is 5.88 Å². The van der Waals surface area contributed by atoms with E-state index in [0.29, 0.717) is 6.61 Å². The summed E-state index contributed by atoms with van der Waals surface area (Å²) in [6.07, 6.45) is -3.47. The normalized spacial score (nSPS) is 27.4. The lowest BCUT2D eigenvalue weighted by Gasteiger charge is -2.17. The molecule has 4 atom stereocenters. The molecule has 2 heterocycles. The highest BCUT2D eigenvalue weighted by Crippen LogP contribution is 2.38. The SMILES string of the molecule is CCCOc1ccn([C@@H]2O[C@H](COP(=O)(O)O)[C@@H](O)[C@H]2O)c(=O)n1. The van der Waals surface area contributed by atoms with E-state index in [2.05, 4.69) is 9.51 Å². The van der Waals surface area contributed by atoms with Gasteiger partial charge in [0.15, 0.2) is 6.23 Å². The predicted octanol–water partition coefficient (Wildman–Crippen LogP) is -1.24. The van der Waals surface area contributed by atoms with E-state index < -0.39 is 44.7 Å². The molecule has 0 radical (unpaired) electrons. The first-order valence-electron chi connectivity index (χ1n) is 7.16. The van der Waals surface area contributed by atoms with Crippen LogP contribution in [0.15, 0.2) is 17.1 Å². The quantitative estimate of drug-likeness (QED) is 0.430. The van der Waals surface area contributed by atoms with E-state index in [0.717, 1.165) is 11.0 Å². The molecule has 0 saturated carbocycles. The number of phosphoric acid groups is 1. The lowest BCUT2D eigenvalue weighted by atomic mass is 10.1. The topological polar surface area (TPSA) is 161 Å². The van der Waals surface area contributed by atoms with Crippen LogP contribution in [0.1, 0.15) is 19.6 Å². The molecule has 1 fully saturated rings. The van der Waals surface area contributed by atoms with E-state index in [1.165, 1.54) is 12.3 Å². The van der Waals surface area contributed by atoms with Gasteiger partial charge in [-0.3, -0.25) is 9.09 Å². The average molecular weight is 366 g/mol. The minimum Gasteiger partial charge on any atom is -0.478 e. The number of aromatic nitrogens is 2. The molecule has 0 amide bonds. The summed E-state index contributed by atoms with van der Waals surface area (Å²) in [4.78, 5) is 33.0. The highest BCUT2D eigenvalue weighted by atomic mass is 31.2. The van der Waals surface area contributed by atoms with Crippen LogP contribution in [0.3, 0.4) is 0 Å². The van der Waals surface area contributed by atoms with Crippen LogP contribution in [0, 0.1) is 0 Å². The second-order valence-corrected chi connectivity index (χ2v) is 6.38. The fourth-order valence-electron chi connectivity index (χ4n) is 2.15. The van der Waals surface area contributed by atoms with Gasteiger partial charge in [0.2, 0.25) is 5.88 Å². The number of phosphoric ester groups is 1. The highest BCUT2D eigenvalue weighted by Gasteiger charge is 2.45. The largest absolute Gasteiger partial charge is 0.478 e. The van der Waals surface area contributed by atoms with Crippen LogP contribution in [0.2, 0.25) is 0 Å². The van der Waals surface area contributed by atoms with Gasteiger partial charge < -0.3 is 29.5 Å². The van der Waals surface area contributed by atoms with Crippen LogP contribution < -0.4 is 10.4 Å². The highest BCUT2D eigenvalue weighted by molar-refractivity contribution is 7.46. The van der Waals surface area contributed by atoms with E-state index in [1.54, 1.807) is 0 Å². The van der Waals surface area contributed by atoms with Crippen LogP contribution in [-0.4, -0.2) is 61.1 Å². The molecule has 0 aliphatic carbocycles. The summed E-state index contributed by atoms with van der Waals surface area (Å²) in [5, 5.41) is 19.9. The van der Waals surface area contributed by atoms with Gasteiger partial charge in [-0.15, -0.1) is 0 Å². The van der Waals surface area contributed by atoms with Crippen molar-refractivity contribution in [2.24, 2.45) is 0 Å². The minimum atomic E-state index is -4.75. The number of hydrogen-bond donors (Lipinski definition) is 4. The maximum atomic E-state index is 12.0. The van der Waals surface area contributed by atoms with Gasteiger partial charge >= 0.3 is 13.5 Å². The minimum absolute atomic E-state index is 0.118. The first kappa shape index (κ1) is 19.0. The molecule has 24 heavy (non-hydrogen) atoms. The van der Waals surface area contributed by atoms with Crippen molar-refractivity contribution in [1.29, 1.82) is 0 Å². The monoisotopic (exact) mass is 366 g/mol. The van der Waals surface area contributed by atoms with Crippen LogP contribution in [0.25, 0.3) is 0 Å². The number of aliphatic hydroxyl groups excluding tert-OH is 2. The van der Waals surface area contributed by atoms with Crippen molar-refractivity contribution in [1.82, 2.24) is 9.55 Å². The van der Waals surface area contributed by atoms with Gasteiger partial charge in [0.1, 0.15) is 18.3 Å². The molecule has 1 aromatic rings. The van der Waals surface area contributed by atoms with Gasteiger partial charge in [-0.1, -0.05) is 6.92 Å². The average Bonchev–Trinajstić information content (AvgIpc) is 2.78. The standard InChI is InChI=1S/C12H19N2O9P/c1-2-5-21-8-3-4-14(12(17)13-8)11-10(16)9(15)7(23-11)6-22-24(18,19)20/h3-4,7,9-11,15-16H,2,5-6H2,1H3,(H2,18,19,20)/t7-,9-,10-,11-/m1/s1. The molecule has 0 spiro atoms. The third-order valence-electron chi connectivity index (χ3n) is 3.28. The lowest BCUT2D eigenvalue weighted by molar-refractivity contribution is -0.0543. The molecule has 11 nitrogen and oxygen atoms in total. The molecule has 4 N–H and O–H groups in total. The maximum absolute atomic E-state index is 12.0. The van der Waals surface area contributed by atoms with E-state index in [-0.39, 0.29) is 5.88 Å². The van der Waals surface area contributed by atoms with Gasteiger partial charge in [-0.2, -0.15) is 4.98 Å². The number of nitrogens with zero attached hydrogens (tertiary/aromatic N) is 2. The van der Waals surface area contributed by atoms with Crippen LogP contribution in [-0.2, 0) is 13.8 Å². The van der Waals surface area contributed by atoms with Crippen LogP contribution in [0.4, 0.5) is 0 Å². The summed E-state index contributed by atoms with van der Waals surface area (Å²) in [5.74, 6) is 0.118. The zero-order chi connectivity index (χ0) is 17.9. The summed E-state index contributed by atoms with van der Waals surface area (Å²) in [6.45, 7) is 1.63. The van der Waals surface area contributed by atoms with E-state index in [9.17, 15) is 19.6 Å². The molecule has 0 aromatic carbocycles. The Morgan fingerprint density at radius 1 is 1.38 bits per heavy atom. The Morgan fingerprint density at radius 2 is 2.08 bits per heavy atom. The van der Waals surface area contributed by atoms with Gasteiger partial charge in [0.05, 0.1) is 13.2 Å². The third-order valence-corrected chi connectivity index (χ3v) is 3.76. The van der Waals surface area contributed by atoms with Gasteiger partial charge in [-0.05, 0) is 6.42 Å². The molecular weight excluding hydrogens is 347 g/mol.